The molecule has 0 aliphatic carbocycles. The summed E-state index contributed by atoms with van der Waals surface area (Å²) in [4.78, 5) is 12.1. The van der Waals surface area contributed by atoms with E-state index in [1.165, 1.54) is 0 Å². The fourth-order valence-electron chi connectivity index (χ4n) is 2.39. The monoisotopic (exact) mass is 314 g/mol. The standard InChI is InChI=1S/C14H13ClF2N2O2/c15-10-2-1-3-11-13(10)9(14(20)18-4-12(16)17)5-19(11)8-6-21-7-8/h1-3,5,8,12H,4,6-7H2,(H,18,20). The second-order valence-electron chi connectivity index (χ2n) is 4.88. The number of ether oxygens (including phenoxy) is 1. The molecule has 3 rings (SSSR count). The van der Waals surface area contributed by atoms with Crippen molar-refractivity contribution in [2.45, 2.75) is 12.5 Å². The molecule has 2 aromatic rings. The molecule has 1 aliphatic heterocycles. The van der Waals surface area contributed by atoms with Gasteiger partial charge in [-0.3, -0.25) is 4.79 Å². The lowest BCUT2D eigenvalue weighted by molar-refractivity contribution is -0.0214. The third-order valence-electron chi connectivity index (χ3n) is 3.48. The summed E-state index contributed by atoms with van der Waals surface area (Å²) < 4.78 is 31.6. The minimum Gasteiger partial charge on any atom is -0.377 e. The van der Waals surface area contributed by atoms with Crippen molar-refractivity contribution < 1.29 is 18.3 Å². The summed E-state index contributed by atoms with van der Waals surface area (Å²) in [6, 6.07) is 5.46. The zero-order chi connectivity index (χ0) is 15.0. The van der Waals surface area contributed by atoms with Crippen molar-refractivity contribution >= 4 is 28.4 Å². The van der Waals surface area contributed by atoms with Crippen LogP contribution in [0.3, 0.4) is 0 Å². The van der Waals surface area contributed by atoms with E-state index >= 15 is 0 Å². The van der Waals surface area contributed by atoms with E-state index in [2.05, 4.69) is 5.32 Å². The van der Waals surface area contributed by atoms with E-state index < -0.39 is 18.9 Å². The van der Waals surface area contributed by atoms with Gasteiger partial charge < -0.3 is 14.6 Å². The SMILES string of the molecule is O=C(NCC(F)F)c1cn(C2COC2)c2cccc(Cl)c12. The summed E-state index contributed by atoms with van der Waals surface area (Å²) in [5, 5.41) is 3.22. The van der Waals surface area contributed by atoms with Crippen LogP contribution < -0.4 is 5.32 Å². The average Bonchev–Trinajstić information content (AvgIpc) is 2.75. The van der Waals surface area contributed by atoms with Crippen LogP contribution >= 0.6 is 11.6 Å². The predicted octanol–water partition coefficient (Wildman–Crippen LogP) is 2.86. The molecule has 112 valence electrons. The number of alkyl halides is 2. The number of nitrogens with zero attached hydrogens (tertiary/aromatic N) is 1. The van der Waals surface area contributed by atoms with Gasteiger partial charge in [-0.25, -0.2) is 8.78 Å². The molecule has 1 aromatic heterocycles. The number of aromatic nitrogens is 1. The van der Waals surface area contributed by atoms with Crippen LogP contribution in [-0.2, 0) is 4.74 Å². The van der Waals surface area contributed by atoms with Gasteiger partial charge in [0.05, 0.1) is 41.9 Å². The van der Waals surface area contributed by atoms with E-state index in [-0.39, 0.29) is 6.04 Å². The molecule has 1 aromatic carbocycles. The first-order valence-electron chi connectivity index (χ1n) is 6.51. The molecule has 1 saturated heterocycles. The molecule has 1 fully saturated rings. The number of hydrogen-bond donors (Lipinski definition) is 1. The number of amides is 1. The molecule has 1 amide bonds. The minimum atomic E-state index is -2.59. The molecule has 1 N–H and O–H groups in total. The topological polar surface area (TPSA) is 43.3 Å². The number of fused-ring (bicyclic) bond motifs is 1. The molecule has 1 aliphatic rings. The maximum atomic E-state index is 12.2. The highest BCUT2D eigenvalue weighted by Crippen LogP contribution is 2.32. The van der Waals surface area contributed by atoms with Crippen molar-refractivity contribution in [1.29, 1.82) is 0 Å². The summed E-state index contributed by atoms with van der Waals surface area (Å²) in [6.45, 7) is 0.450. The normalized spacial score (nSPS) is 15.4. The second-order valence-corrected chi connectivity index (χ2v) is 5.28. The van der Waals surface area contributed by atoms with Gasteiger partial charge in [-0.15, -0.1) is 0 Å². The molecule has 21 heavy (non-hydrogen) atoms. The molecule has 0 saturated carbocycles. The second kappa shape index (κ2) is 5.61. The quantitative estimate of drug-likeness (QED) is 0.943. The van der Waals surface area contributed by atoms with Gasteiger partial charge in [-0.05, 0) is 12.1 Å². The maximum Gasteiger partial charge on any atom is 0.255 e. The number of carbonyl (C=O) groups excluding carboxylic acids is 1. The molecular weight excluding hydrogens is 302 g/mol. The van der Waals surface area contributed by atoms with Gasteiger partial charge in [0.1, 0.15) is 0 Å². The van der Waals surface area contributed by atoms with E-state index in [9.17, 15) is 13.6 Å². The van der Waals surface area contributed by atoms with Crippen LogP contribution in [0, 0.1) is 0 Å². The third-order valence-corrected chi connectivity index (χ3v) is 3.80. The van der Waals surface area contributed by atoms with Crippen molar-refractivity contribution in [3.63, 3.8) is 0 Å². The molecule has 0 bridgehead atoms. The highest BCUT2D eigenvalue weighted by molar-refractivity contribution is 6.36. The van der Waals surface area contributed by atoms with Gasteiger partial charge in [-0.1, -0.05) is 17.7 Å². The number of carbonyl (C=O) groups is 1. The first-order valence-corrected chi connectivity index (χ1v) is 6.89. The van der Waals surface area contributed by atoms with Gasteiger partial charge in [0.25, 0.3) is 12.3 Å². The lowest BCUT2D eigenvalue weighted by atomic mass is 10.1. The molecular formula is C14H13ClF2N2O2. The number of halogens is 3. The minimum absolute atomic E-state index is 0.141. The fourth-order valence-corrected chi connectivity index (χ4v) is 2.66. The van der Waals surface area contributed by atoms with Gasteiger partial charge >= 0.3 is 0 Å². The molecule has 7 heteroatoms. The Hall–Kier alpha value is -1.66. The predicted molar refractivity (Wildman–Crippen MR) is 75.1 cm³/mol. The van der Waals surface area contributed by atoms with Gasteiger partial charge in [-0.2, -0.15) is 0 Å². The molecule has 0 spiro atoms. The number of nitrogens with one attached hydrogen (secondary N) is 1. The van der Waals surface area contributed by atoms with Gasteiger partial charge in [0, 0.05) is 11.6 Å². The van der Waals surface area contributed by atoms with E-state index in [1.54, 1.807) is 18.3 Å². The van der Waals surface area contributed by atoms with E-state index in [1.807, 2.05) is 10.6 Å². The Morgan fingerprint density at radius 3 is 2.86 bits per heavy atom. The molecule has 0 radical (unpaired) electrons. The van der Waals surface area contributed by atoms with Crippen molar-refractivity contribution in [2.24, 2.45) is 0 Å². The number of hydrogen-bond acceptors (Lipinski definition) is 2. The van der Waals surface area contributed by atoms with Gasteiger partial charge in [0.15, 0.2) is 0 Å². The summed E-state index contributed by atoms with van der Waals surface area (Å²) in [5.74, 6) is -0.549. The summed E-state index contributed by atoms with van der Waals surface area (Å²) in [7, 11) is 0. The van der Waals surface area contributed by atoms with Crippen LogP contribution in [-0.4, -0.2) is 36.7 Å². The lowest BCUT2D eigenvalue weighted by Crippen LogP contribution is -2.30. The zero-order valence-electron chi connectivity index (χ0n) is 11.0. The van der Waals surface area contributed by atoms with Crippen LogP contribution in [0.4, 0.5) is 8.78 Å². The van der Waals surface area contributed by atoms with Crippen LogP contribution in [0.25, 0.3) is 10.9 Å². The van der Waals surface area contributed by atoms with Crippen molar-refractivity contribution in [3.8, 4) is 0 Å². The molecule has 0 unspecified atom stereocenters. The summed E-state index contributed by atoms with van der Waals surface area (Å²) in [6.07, 6.45) is -0.928. The van der Waals surface area contributed by atoms with Crippen LogP contribution in [0.2, 0.25) is 5.02 Å². The summed E-state index contributed by atoms with van der Waals surface area (Å²) in [5.41, 5.74) is 1.11. The van der Waals surface area contributed by atoms with Crippen LogP contribution in [0.1, 0.15) is 16.4 Å². The maximum absolute atomic E-state index is 12.2. The van der Waals surface area contributed by atoms with Crippen molar-refractivity contribution in [1.82, 2.24) is 9.88 Å². The smallest absolute Gasteiger partial charge is 0.255 e. The highest BCUT2D eigenvalue weighted by Gasteiger charge is 2.25. The first-order chi connectivity index (χ1) is 10.1. The van der Waals surface area contributed by atoms with Crippen LogP contribution in [0.5, 0.6) is 0 Å². The number of rotatable bonds is 4. The molecule has 4 nitrogen and oxygen atoms in total. The van der Waals surface area contributed by atoms with E-state index in [0.717, 1.165) is 5.52 Å². The Kier molecular flexibility index (Phi) is 3.82. The first kappa shape index (κ1) is 14.3. The van der Waals surface area contributed by atoms with Crippen LogP contribution in [0.15, 0.2) is 24.4 Å². The molecule has 2 heterocycles. The highest BCUT2D eigenvalue weighted by atomic mass is 35.5. The Labute approximate surface area is 124 Å². The number of benzene rings is 1. The van der Waals surface area contributed by atoms with E-state index in [4.69, 9.17) is 16.3 Å². The summed E-state index contributed by atoms with van der Waals surface area (Å²) >= 11 is 6.18. The lowest BCUT2D eigenvalue weighted by Gasteiger charge is -2.28. The fraction of sp³-hybridized carbons (Fsp3) is 0.357. The Morgan fingerprint density at radius 2 is 2.24 bits per heavy atom. The largest absolute Gasteiger partial charge is 0.377 e. The Bertz CT molecular complexity index is 683. The zero-order valence-corrected chi connectivity index (χ0v) is 11.7. The van der Waals surface area contributed by atoms with E-state index in [0.29, 0.717) is 29.2 Å². The Morgan fingerprint density at radius 1 is 1.48 bits per heavy atom. The van der Waals surface area contributed by atoms with Crippen molar-refractivity contribution in [2.75, 3.05) is 19.8 Å². The van der Waals surface area contributed by atoms with Gasteiger partial charge in [0.2, 0.25) is 0 Å². The molecule has 0 atom stereocenters. The third kappa shape index (κ3) is 2.61. The van der Waals surface area contributed by atoms with Crippen molar-refractivity contribution in [3.05, 3.63) is 35.0 Å². The average molecular weight is 315 g/mol. The Balaban J connectivity index is 2.03.